The third-order valence-electron chi connectivity index (χ3n) is 1.89. The molecule has 0 spiro atoms. The van der Waals surface area contributed by atoms with Gasteiger partial charge in [0, 0.05) is 0 Å². The van der Waals surface area contributed by atoms with Gasteiger partial charge in [0.25, 0.3) is 0 Å². The van der Waals surface area contributed by atoms with Crippen LogP contribution in [0, 0.1) is 12.8 Å². The van der Waals surface area contributed by atoms with E-state index in [-0.39, 0.29) is 0 Å². The van der Waals surface area contributed by atoms with Crippen LogP contribution in [-0.2, 0) is 0 Å². The van der Waals surface area contributed by atoms with Gasteiger partial charge in [-0.1, -0.05) is 26.3 Å². The average molecular weight is 185 g/mol. The standard InChI is InChI=1S/C11H21S/c1-4-9-12-10-7-6-8-11(3)5-2/h5,11H,1-2,4,6-10H2,3H3. The second-order valence-corrected chi connectivity index (χ2v) is 4.40. The summed E-state index contributed by atoms with van der Waals surface area (Å²) in [4.78, 5) is 0. The number of rotatable bonds is 8. The van der Waals surface area contributed by atoms with Crippen LogP contribution in [0.25, 0.3) is 0 Å². The van der Waals surface area contributed by atoms with E-state index in [0.29, 0.717) is 5.92 Å². The Morgan fingerprint density at radius 2 is 2.08 bits per heavy atom. The molecule has 0 saturated carbocycles. The van der Waals surface area contributed by atoms with E-state index in [1.807, 2.05) is 17.8 Å². The maximum atomic E-state index is 3.81. The average Bonchev–Trinajstić information content (AvgIpc) is 2.10. The summed E-state index contributed by atoms with van der Waals surface area (Å²) in [6, 6.07) is 0. The van der Waals surface area contributed by atoms with Gasteiger partial charge >= 0.3 is 0 Å². The SMILES string of the molecule is [CH2]CCSCCCCC(C)C=C. The van der Waals surface area contributed by atoms with Crippen LogP contribution in [0.15, 0.2) is 12.7 Å². The zero-order valence-corrected chi connectivity index (χ0v) is 9.04. The third-order valence-corrected chi connectivity index (χ3v) is 3.04. The Bertz CT molecular complexity index is 99.2. The molecule has 0 bridgehead atoms. The topological polar surface area (TPSA) is 0 Å². The summed E-state index contributed by atoms with van der Waals surface area (Å²) in [5.41, 5.74) is 0. The summed E-state index contributed by atoms with van der Waals surface area (Å²) < 4.78 is 0. The third kappa shape index (κ3) is 8.19. The molecule has 0 rings (SSSR count). The van der Waals surface area contributed by atoms with E-state index in [4.69, 9.17) is 0 Å². The molecule has 0 aromatic rings. The fourth-order valence-electron chi connectivity index (χ4n) is 0.992. The number of thioether (sulfide) groups is 1. The second-order valence-electron chi connectivity index (χ2n) is 3.17. The van der Waals surface area contributed by atoms with E-state index in [1.165, 1.54) is 30.8 Å². The summed E-state index contributed by atoms with van der Waals surface area (Å²) >= 11 is 2.02. The normalized spacial score (nSPS) is 12.8. The van der Waals surface area contributed by atoms with Crippen molar-refractivity contribution < 1.29 is 0 Å². The van der Waals surface area contributed by atoms with Crippen molar-refractivity contribution in [3.05, 3.63) is 19.6 Å². The lowest BCUT2D eigenvalue weighted by Gasteiger charge is -2.04. The quantitative estimate of drug-likeness (QED) is 0.408. The van der Waals surface area contributed by atoms with Crippen LogP contribution >= 0.6 is 11.8 Å². The molecular formula is C11H21S. The van der Waals surface area contributed by atoms with Gasteiger partial charge in [-0.2, -0.15) is 11.8 Å². The van der Waals surface area contributed by atoms with Gasteiger partial charge in [-0.25, -0.2) is 0 Å². The Labute approximate surface area is 81.8 Å². The fourth-order valence-corrected chi connectivity index (χ4v) is 1.81. The molecule has 0 nitrogen and oxygen atoms in total. The van der Waals surface area contributed by atoms with Crippen LogP contribution in [0.5, 0.6) is 0 Å². The van der Waals surface area contributed by atoms with E-state index in [2.05, 4.69) is 20.4 Å². The zero-order chi connectivity index (χ0) is 9.23. The second kappa shape index (κ2) is 9.18. The smallest absolute Gasteiger partial charge is 0.00675 e. The Morgan fingerprint density at radius 1 is 1.33 bits per heavy atom. The van der Waals surface area contributed by atoms with Gasteiger partial charge < -0.3 is 0 Å². The highest BCUT2D eigenvalue weighted by Gasteiger charge is 1.95. The Balaban J connectivity index is 2.95. The molecule has 0 aliphatic heterocycles. The number of allylic oxidation sites excluding steroid dienone is 1. The van der Waals surface area contributed by atoms with Gasteiger partial charge in [0.15, 0.2) is 0 Å². The van der Waals surface area contributed by atoms with Crippen LogP contribution < -0.4 is 0 Å². The summed E-state index contributed by atoms with van der Waals surface area (Å²) in [6.07, 6.45) is 7.10. The molecule has 0 amide bonds. The van der Waals surface area contributed by atoms with Gasteiger partial charge in [-0.3, -0.25) is 0 Å². The number of hydrogen-bond donors (Lipinski definition) is 0. The highest BCUT2D eigenvalue weighted by molar-refractivity contribution is 7.99. The predicted molar refractivity (Wildman–Crippen MR) is 60.5 cm³/mol. The highest BCUT2D eigenvalue weighted by Crippen LogP contribution is 2.11. The Hall–Kier alpha value is 0.0900. The lowest BCUT2D eigenvalue weighted by atomic mass is 10.1. The van der Waals surface area contributed by atoms with Crippen LogP contribution in [0.1, 0.15) is 32.6 Å². The minimum atomic E-state index is 0.697. The molecule has 1 heteroatoms. The van der Waals surface area contributed by atoms with Gasteiger partial charge in [-0.05, 0) is 36.7 Å². The maximum Gasteiger partial charge on any atom is -0.00675 e. The van der Waals surface area contributed by atoms with Crippen molar-refractivity contribution in [2.75, 3.05) is 11.5 Å². The maximum absolute atomic E-state index is 3.81. The van der Waals surface area contributed by atoms with Crippen LogP contribution in [0.4, 0.5) is 0 Å². The molecule has 0 aliphatic carbocycles. The molecule has 1 radical (unpaired) electrons. The van der Waals surface area contributed by atoms with Gasteiger partial charge in [0.1, 0.15) is 0 Å². The van der Waals surface area contributed by atoms with Crippen molar-refractivity contribution >= 4 is 11.8 Å². The largest absolute Gasteiger partial charge is 0.162 e. The first kappa shape index (κ1) is 12.1. The summed E-state index contributed by atoms with van der Waals surface area (Å²) in [5.74, 6) is 3.22. The molecule has 0 aromatic carbocycles. The number of unbranched alkanes of at least 4 members (excludes halogenated alkanes) is 1. The molecule has 0 saturated heterocycles. The Kier molecular flexibility index (Phi) is 9.25. The van der Waals surface area contributed by atoms with E-state index < -0.39 is 0 Å². The Morgan fingerprint density at radius 3 is 2.67 bits per heavy atom. The molecule has 0 aliphatic rings. The van der Waals surface area contributed by atoms with Crippen molar-refractivity contribution in [2.45, 2.75) is 32.6 Å². The molecule has 0 aromatic heterocycles. The van der Waals surface area contributed by atoms with Crippen LogP contribution in [0.2, 0.25) is 0 Å². The molecule has 0 N–H and O–H groups in total. The van der Waals surface area contributed by atoms with Crippen molar-refractivity contribution in [2.24, 2.45) is 5.92 Å². The van der Waals surface area contributed by atoms with Gasteiger partial charge in [0.2, 0.25) is 0 Å². The van der Waals surface area contributed by atoms with Gasteiger partial charge in [0.05, 0.1) is 0 Å². The zero-order valence-electron chi connectivity index (χ0n) is 8.22. The summed E-state index contributed by atoms with van der Waals surface area (Å²) in [7, 11) is 0. The first-order valence-corrected chi connectivity index (χ1v) is 5.96. The first-order chi connectivity index (χ1) is 5.81. The van der Waals surface area contributed by atoms with Crippen LogP contribution in [-0.4, -0.2) is 11.5 Å². The van der Waals surface area contributed by atoms with E-state index in [1.54, 1.807) is 0 Å². The first-order valence-electron chi connectivity index (χ1n) is 4.80. The molecule has 0 fully saturated rings. The van der Waals surface area contributed by atoms with Crippen molar-refractivity contribution in [3.8, 4) is 0 Å². The lowest BCUT2D eigenvalue weighted by Crippen LogP contribution is -1.90. The summed E-state index contributed by atoms with van der Waals surface area (Å²) in [6.45, 7) is 9.82. The van der Waals surface area contributed by atoms with Gasteiger partial charge in [-0.15, -0.1) is 6.58 Å². The minimum absolute atomic E-state index is 0.697. The van der Waals surface area contributed by atoms with Crippen molar-refractivity contribution in [1.29, 1.82) is 0 Å². The van der Waals surface area contributed by atoms with E-state index >= 15 is 0 Å². The summed E-state index contributed by atoms with van der Waals surface area (Å²) in [5, 5.41) is 0. The fraction of sp³-hybridized carbons (Fsp3) is 0.727. The highest BCUT2D eigenvalue weighted by atomic mass is 32.2. The lowest BCUT2D eigenvalue weighted by molar-refractivity contribution is 0.601. The molecule has 1 atom stereocenters. The molecular weight excluding hydrogens is 164 g/mol. The molecule has 1 unspecified atom stereocenters. The van der Waals surface area contributed by atoms with E-state index in [9.17, 15) is 0 Å². The molecule has 71 valence electrons. The minimum Gasteiger partial charge on any atom is -0.162 e. The van der Waals surface area contributed by atoms with E-state index in [0.717, 1.165) is 6.42 Å². The molecule has 0 heterocycles. The monoisotopic (exact) mass is 185 g/mol. The van der Waals surface area contributed by atoms with Crippen molar-refractivity contribution in [3.63, 3.8) is 0 Å². The molecule has 12 heavy (non-hydrogen) atoms. The van der Waals surface area contributed by atoms with Crippen molar-refractivity contribution in [1.82, 2.24) is 0 Å². The van der Waals surface area contributed by atoms with Crippen LogP contribution in [0.3, 0.4) is 0 Å². The predicted octanol–water partition coefficient (Wildman–Crippen LogP) is 3.94. The number of hydrogen-bond acceptors (Lipinski definition) is 1.